The van der Waals surface area contributed by atoms with Crippen molar-refractivity contribution in [3.8, 4) is 5.75 Å². The van der Waals surface area contributed by atoms with Gasteiger partial charge in [-0.15, -0.1) is 4.83 Å². The van der Waals surface area contributed by atoms with Gasteiger partial charge in [-0.05, 0) is 24.3 Å². The number of hydrazine groups is 1. The summed E-state index contributed by atoms with van der Waals surface area (Å²) < 4.78 is 24.0. The van der Waals surface area contributed by atoms with Gasteiger partial charge in [0, 0.05) is 5.56 Å². The number of phenols is 1. The summed E-state index contributed by atoms with van der Waals surface area (Å²) in [6.07, 6.45) is 0. The van der Waals surface area contributed by atoms with Gasteiger partial charge < -0.3 is 10.5 Å². The van der Waals surface area contributed by atoms with E-state index in [9.17, 15) is 13.5 Å². The van der Waals surface area contributed by atoms with Crippen molar-refractivity contribution >= 4 is 15.7 Å². The Hall–Kier alpha value is -2.31. The molecule has 0 bridgehead atoms. The van der Waals surface area contributed by atoms with Crippen LogP contribution in [0.25, 0.3) is 5.70 Å². The van der Waals surface area contributed by atoms with E-state index in [2.05, 4.69) is 16.8 Å². The largest absolute Gasteiger partial charge is 0.507 e. The second-order valence-electron chi connectivity index (χ2n) is 4.04. The third-order valence-electron chi connectivity index (χ3n) is 2.62. The predicted molar refractivity (Wildman–Crippen MR) is 77.0 cm³/mol. The molecular weight excluding hydrogens is 276 g/mol. The summed E-state index contributed by atoms with van der Waals surface area (Å²) in [7, 11) is -3.68. The first-order valence-electron chi connectivity index (χ1n) is 5.81. The molecule has 2 aromatic carbocycles. The molecule has 2 aromatic rings. The van der Waals surface area contributed by atoms with Crippen LogP contribution < -0.4 is 10.3 Å². The molecule has 0 spiro atoms. The topological polar surface area (TPSA) is 78.4 Å². The van der Waals surface area contributed by atoms with Crippen molar-refractivity contribution < 1.29 is 13.5 Å². The lowest BCUT2D eigenvalue weighted by Gasteiger charge is -2.12. The van der Waals surface area contributed by atoms with Gasteiger partial charge in [0.2, 0.25) is 0 Å². The zero-order valence-corrected chi connectivity index (χ0v) is 11.4. The summed E-state index contributed by atoms with van der Waals surface area (Å²) in [5, 5.41) is 9.65. The van der Waals surface area contributed by atoms with Crippen LogP contribution in [0.15, 0.2) is 66.1 Å². The smallest absolute Gasteiger partial charge is 0.257 e. The molecule has 6 heteroatoms. The number of phenolic OH excluding ortho intramolecular Hbond substituents is 1. The fourth-order valence-corrected chi connectivity index (χ4v) is 2.47. The average molecular weight is 290 g/mol. The number of hydrogen-bond acceptors (Lipinski definition) is 4. The highest BCUT2D eigenvalue weighted by molar-refractivity contribution is 7.89. The van der Waals surface area contributed by atoms with E-state index in [1.54, 1.807) is 36.4 Å². The first-order chi connectivity index (χ1) is 9.50. The Morgan fingerprint density at radius 3 is 2.25 bits per heavy atom. The number of aromatic hydroxyl groups is 1. The molecular formula is C14H14N2O3S. The predicted octanol–water partition coefficient (Wildman–Crippen LogP) is 1.85. The lowest BCUT2D eigenvalue weighted by molar-refractivity contribution is 0.473. The number of nitrogens with one attached hydrogen (secondary N) is 2. The zero-order valence-electron chi connectivity index (χ0n) is 10.6. The molecule has 0 aromatic heterocycles. The van der Waals surface area contributed by atoms with Gasteiger partial charge in [-0.1, -0.05) is 36.9 Å². The van der Waals surface area contributed by atoms with E-state index in [1.807, 2.05) is 0 Å². The molecule has 3 N–H and O–H groups in total. The van der Waals surface area contributed by atoms with Crippen molar-refractivity contribution in [1.82, 2.24) is 10.3 Å². The molecule has 2 rings (SSSR count). The second-order valence-corrected chi connectivity index (χ2v) is 5.72. The van der Waals surface area contributed by atoms with Gasteiger partial charge in [0.05, 0.1) is 10.6 Å². The van der Waals surface area contributed by atoms with Crippen molar-refractivity contribution in [2.45, 2.75) is 4.90 Å². The van der Waals surface area contributed by atoms with Crippen LogP contribution in [-0.4, -0.2) is 13.5 Å². The molecule has 20 heavy (non-hydrogen) atoms. The van der Waals surface area contributed by atoms with E-state index in [1.165, 1.54) is 18.2 Å². The Morgan fingerprint density at radius 1 is 1.00 bits per heavy atom. The maximum Gasteiger partial charge on any atom is 0.257 e. The van der Waals surface area contributed by atoms with E-state index in [-0.39, 0.29) is 16.3 Å². The molecule has 0 atom stereocenters. The van der Waals surface area contributed by atoms with Gasteiger partial charge in [-0.3, -0.25) is 0 Å². The maximum atomic E-state index is 12.0. The Bertz CT molecular complexity index is 712. The minimum absolute atomic E-state index is 0.0175. The van der Waals surface area contributed by atoms with Crippen LogP contribution in [0.4, 0.5) is 0 Å². The van der Waals surface area contributed by atoms with E-state index in [0.717, 1.165) is 0 Å². The fraction of sp³-hybridized carbons (Fsp3) is 0. The third kappa shape index (κ3) is 3.17. The molecule has 0 heterocycles. The minimum atomic E-state index is -3.68. The van der Waals surface area contributed by atoms with E-state index in [0.29, 0.717) is 5.56 Å². The van der Waals surface area contributed by atoms with E-state index < -0.39 is 10.0 Å². The van der Waals surface area contributed by atoms with Crippen molar-refractivity contribution in [3.63, 3.8) is 0 Å². The molecule has 0 saturated carbocycles. The summed E-state index contributed by atoms with van der Waals surface area (Å²) >= 11 is 0. The highest BCUT2D eigenvalue weighted by Crippen LogP contribution is 2.21. The SMILES string of the molecule is C=C(NNS(=O)(=O)c1ccccc1)c1ccccc1O. The summed E-state index contributed by atoms with van der Waals surface area (Å²) in [5.41, 5.74) is 3.16. The highest BCUT2D eigenvalue weighted by Gasteiger charge is 2.13. The standard InChI is InChI=1S/C14H14N2O3S/c1-11(13-9-5-6-10-14(13)17)15-16-20(18,19)12-7-3-2-4-8-12/h2-10,15-17H,1H2. The van der Waals surface area contributed by atoms with Gasteiger partial charge in [0.25, 0.3) is 10.0 Å². The first kappa shape index (κ1) is 14.1. The van der Waals surface area contributed by atoms with E-state index >= 15 is 0 Å². The van der Waals surface area contributed by atoms with Crippen LogP contribution in [0.3, 0.4) is 0 Å². The molecule has 0 radical (unpaired) electrons. The quantitative estimate of drug-likeness (QED) is 0.734. The second kappa shape index (κ2) is 5.77. The maximum absolute atomic E-state index is 12.0. The molecule has 0 aliphatic rings. The Morgan fingerprint density at radius 2 is 1.60 bits per heavy atom. The molecule has 0 aliphatic carbocycles. The zero-order chi connectivity index (χ0) is 14.6. The lowest BCUT2D eigenvalue weighted by atomic mass is 10.1. The fourth-order valence-electron chi connectivity index (χ4n) is 1.58. The molecule has 0 saturated heterocycles. The molecule has 0 amide bonds. The highest BCUT2D eigenvalue weighted by atomic mass is 32.2. The summed E-state index contributed by atoms with van der Waals surface area (Å²) in [4.78, 5) is 2.35. The third-order valence-corrected chi connectivity index (χ3v) is 3.88. The monoisotopic (exact) mass is 290 g/mol. The Kier molecular flexibility index (Phi) is 4.07. The van der Waals surface area contributed by atoms with Crippen LogP contribution in [0.5, 0.6) is 5.75 Å². The molecule has 104 valence electrons. The van der Waals surface area contributed by atoms with Gasteiger partial charge in [-0.25, -0.2) is 8.42 Å². The van der Waals surface area contributed by atoms with Crippen LogP contribution in [0.1, 0.15) is 5.56 Å². The van der Waals surface area contributed by atoms with Crippen LogP contribution >= 0.6 is 0 Å². The van der Waals surface area contributed by atoms with Crippen LogP contribution in [0.2, 0.25) is 0 Å². The number of hydrogen-bond donors (Lipinski definition) is 3. The number of benzene rings is 2. The van der Waals surface area contributed by atoms with Gasteiger partial charge in [0.15, 0.2) is 0 Å². The van der Waals surface area contributed by atoms with Crippen LogP contribution in [-0.2, 0) is 10.0 Å². The summed E-state index contributed by atoms with van der Waals surface area (Å²) in [6, 6.07) is 14.5. The number of sulfonamides is 1. The van der Waals surface area contributed by atoms with Gasteiger partial charge >= 0.3 is 0 Å². The Balaban J connectivity index is 2.10. The summed E-state index contributed by atoms with van der Waals surface area (Å²) in [6.45, 7) is 3.68. The van der Waals surface area contributed by atoms with Crippen LogP contribution in [0, 0.1) is 0 Å². The number of rotatable bonds is 5. The Labute approximate surface area is 117 Å². The molecule has 5 nitrogen and oxygen atoms in total. The number of para-hydroxylation sites is 1. The van der Waals surface area contributed by atoms with Crippen molar-refractivity contribution in [1.29, 1.82) is 0 Å². The average Bonchev–Trinajstić information content (AvgIpc) is 2.46. The lowest BCUT2D eigenvalue weighted by Crippen LogP contribution is -2.35. The first-order valence-corrected chi connectivity index (χ1v) is 7.29. The molecule has 0 fully saturated rings. The van der Waals surface area contributed by atoms with Gasteiger partial charge in [-0.2, -0.15) is 0 Å². The molecule has 0 aliphatic heterocycles. The van der Waals surface area contributed by atoms with Crippen molar-refractivity contribution in [2.24, 2.45) is 0 Å². The normalized spacial score (nSPS) is 11.0. The van der Waals surface area contributed by atoms with Crippen molar-refractivity contribution in [3.05, 3.63) is 66.7 Å². The van der Waals surface area contributed by atoms with Gasteiger partial charge in [0.1, 0.15) is 5.75 Å². The van der Waals surface area contributed by atoms with E-state index in [4.69, 9.17) is 0 Å². The molecule has 0 unspecified atom stereocenters. The van der Waals surface area contributed by atoms with Crippen molar-refractivity contribution in [2.75, 3.05) is 0 Å². The summed E-state index contributed by atoms with van der Waals surface area (Å²) in [5.74, 6) is 0.0175. The minimum Gasteiger partial charge on any atom is -0.507 e.